The van der Waals surface area contributed by atoms with Gasteiger partial charge in [0.05, 0.1) is 4.88 Å². The van der Waals surface area contributed by atoms with E-state index in [1.807, 2.05) is 0 Å². The summed E-state index contributed by atoms with van der Waals surface area (Å²) >= 11 is 0.964. The summed E-state index contributed by atoms with van der Waals surface area (Å²) in [6.07, 6.45) is -4.53. The van der Waals surface area contributed by atoms with Gasteiger partial charge in [0.1, 0.15) is 5.82 Å². The third-order valence-electron chi connectivity index (χ3n) is 2.13. The fraction of sp³-hybridized carbons (Fsp3) is 0.182. The van der Waals surface area contributed by atoms with Crippen LogP contribution in [0, 0.1) is 5.82 Å². The molecule has 1 N–H and O–H groups in total. The number of carbonyl (C=O) groups is 1. The predicted molar refractivity (Wildman–Crippen MR) is 61.3 cm³/mol. The molecule has 0 unspecified atom stereocenters. The van der Waals surface area contributed by atoms with Gasteiger partial charge < -0.3 is 0 Å². The molecule has 0 saturated carbocycles. The quantitative estimate of drug-likeness (QED) is 0.697. The molecule has 0 aliphatic heterocycles. The van der Waals surface area contributed by atoms with E-state index >= 15 is 0 Å². The number of carbonyl (C=O) groups excluding carboxylic acids is 1. The number of hydroxylamine groups is 1. The van der Waals surface area contributed by atoms with E-state index in [9.17, 15) is 22.4 Å². The first-order chi connectivity index (χ1) is 8.87. The summed E-state index contributed by atoms with van der Waals surface area (Å²) in [6.45, 7) is -1.59. The molecule has 0 atom stereocenters. The monoisotopic (exact) mass is 293 g/mol. The molecule has 0 bridgehead atoms. The first kappa shape index (κ1) is 13.8. The highest BCUT2D eigenvalue weighted by atomic mass is 32.1. The molecule has 2 rings (SSSR count). The van der Waals surface area contributed by atoms with E-state index in [0.29, 0.717) is 4.70 Å². The standard InChI is InChI=1S/C11H7F4NO2S/c12-7-2-1-3-8-6(7)4-9(19-8)10(17)16-18-5-11(13,14)15/h1-4H,5H2,(H,16,17). The van der Waals surface area contributed by atoms with Crippen LogP contribution < -0.4 is 5.48 Å². The number of benzene rings is 1. The van der Waals surface area contributed by atoms with Crippen molar-refractivity contribution in [1.29, 1.82) is 0 Å². The first-order valence-electron chi connectivity index (χ1n) is 5.04. The van der Waals surface area contributed by atoms with Crippen LogP contribution in [0.5, 0.6) is 0 Å². The lowest BCUT2D eigenvalue weighted by atomic mass is 10.2. The number of alkyl halides is 3. The maximum Gasteiger partial charge on any atom is 0.414 e. The molecule has 0 saturated heterocycles. The van der Waals surface area contributed by atoms with Crippen molar-refractivity contribution in [2.45, 2.75) is 6.18 Å². The minimum absolute atomic E-state index is 0.0716. The molecule has 1 amide bonds. The van der Waals surface area contributed by atoms with Crippen molar-refractivity contribution < 1.29 is 27.2 Å². The molecule has 0 aliphatic rings. The van der Waals surface area contributed by atoms with Gasteiger partial charge in [0.2, 0.25) is 0 Å². The predicted octanol–water partition coefficient (Wildman–Crippen LogP) is 3.26. The number of fused-ring (bicyclic) bond motifs is 1. The van der Waals surface area contributed by atoms with E-state index in [1.54, 1.807) is 11.5 Å². The fourth-order valence-electron chi connectivity index (χ4n) is 1.37. The van der Waals surface area contributed by atoms with Gasteiger partial charge in [0, 0.05) is 10.1 Å². The molecule has 8 heteroatoms. The fourth-order valence-corrected chi connectivity index (χ4v) is 2.33. The summed E-state index contributed by atoms with van der Waals surface area (Å²) in [4.78, 5) is 15.6. The second kappa shape index (κ2) is 5.14. The summed E-state index contributed by atoms with van der Waals surface area (Å²) in [5.41, 5.74) is 1.66. The van der Waals surface area contributed by atoms with Crippen molar-refractivity contribution in [3.63, 3.8) is 0 Å². The number of hydrogen-bond donors (Lipinski definition) is 1. The molecular weight excluding hydrogens is 286 g/mol. The molecule has 0 fully saturated rings. The number of thiophene rings is 1. The molecule has 2 aromatic rings. The van der Waals surface area contributed by atoms with Crippen LogP contribution in [0.2, 0.25) is 0 Å². The number of rotatable bonds is 3. The summed E-state index contributed by atoms with van der Waals surface area (Å²) in [7, 11) is 0. The van der Waals surface area contributed by atoms with Crippen LogP contribution in [0.3, 0.4) is 0 Å². The Balaban J connectivity index is 2.08. The molecule has 0 radical (unpaired) electrons. The average Bonchev–Trinajstić information content (AvgIpc) is 2.72. The van der Waals surface area contributed by atoms with Gasteiger partial charge in [-0.15, -0.1) is 11.3 Å². The highest BCUT2D eigenvalue weighted by Gasteiger charge is 2.28. The second-order valence-electron chi connectivity index (χ2n) is 3.60. The average molecular weight is 293 g/mol. The molecule has 0 aliphatic carbocycles. The van der Waals surface area contributed by atoms with Crippen molar-refractivity contribution in [3.05, 3.63) is 35.0 Å². The van der Waals surface area contributed by atoms with Gasteiger partial charge in [-0.1, -0.05) is 6.07 Å². The van der Waals surface area contributed by atoms with Crippen LogP contribution in [0.25, 0.3) is 10.1 Å². The van der Waals surface area contributed by atoms with E-state index in [1.165, 1.54) is 18.2 Å². The Kier molecular flexibility index (Phi) is 3.72. The molecule has 1 aromatic carbocycles. The lowest BCUT2D eigenvalue weighted by Crippen LogP contribution is -2.29. The van der Waals surface area contributed by atoms with Gasteiger partial charge >= 0.3 is 6.18 Å². The minimum atomic E-state index is -4.53. The van der Waals surface area contributed by atoms with Crippen molar-refractivity contribution in [2.75, 3.05) is 6.61 Å². The summed E-state index contributed by atoms with van der Waals surface area (Å²) in [5, 5.41) is 0.244. The number of hydrogen-bond acceptors (Lipinski definition) is 3. The topological polar surface area (TPSA) is 38.3 Å². The third-order valence-corrected chi connectivity index (χ3v) is 3.23. The largest absolute Gasteiger partial charge is 0.414 e. The van der Waals surface area contributed by atoms with Gasteiger partial charge in [-0.3, -0.25) is 9.63 Å². The lowest BCUT2D eigenvalue weighted by molar-refractivity contribution is -0.184. The lowest BCUT2D eigenvalue weighted by Gasteiger charge is -2.06. The van der Waals surface area contributed by atoms with E-state index in [2.05, 4.69) is 4.84 Å². The molecule has 1 aromatic heterocycles. The van der Waals surface area contributed by atoms with Crippen LogP contribution in [-0.4, -0.2) is 18.7 Å². The van der Waals surface area contributed by atoms with Crippen LogP contribution in [0.4, 0.5) is 17.6 Å². The Morgan fingerprint density at radius 3 is 2.74 bits per heavy atom. The Morgan fingerprint density at radius 1 is 1.37 bits per heavy atom. The van der Waals surface area contributed by atoms with Crippen LogP contribution in [0.1, 0.15) is 9.67 Å². The Labute approximate surface area is 108 Å². The SMILES string of the molecule is O=C(NOCC(F)(F)F)c1cc2c(F)cccc2s1. The Hall–Kier alpha value is -1.67. The Bertz CT molecular complexity index is 608. The zero-order valence-corrected chi connectivity index (χ0v) is 10.1. The van der Waals surface area contributed by atoms with Crippen LogP contribution in [-0.2, 0) is 4.84 Å². The molecule has 3 nitrogen and oxygen atoms in total. The van der Waals surface area contributed by atoms with Crippen molar-refractivity contribution in [2.24, 2.45) is 0 Å². The van der Waals surface area contributed by atoms with Crippen LogP contribution in [0.15, 0.2) is 24.3 Å². The highest BCUT2D eigenvalue weighted by molar-refractivity contribution is 7.20. The smallest absolute Gasteiger partial charge is 0.266 e. The Morgan fingerprint density at radius 2 is 2.11 bits per heavy atom. The maximum absolute atomic E-state index is 13.4. The maximum atomic E-state index is 13.4. The van der Waals surface area contributed by atoms with Gasteiger partial charge in [-0.05, 0) is 18.2 Å². The third kappa shape index (κ3) is 3.42. The number of amides is 1. The van der Waals surface area contributed by atoms with Gasteiger partial charge in [0.25, 0.3) is 5.91 Å². The number of nitrogens with one attached hydrogen (secondary N) is 1. The van der Waals surface area contributed by atoms with Crippen molar-refractivity contribution >= 4 is 27.3 Å². The number of halogens is 4. The normalized spacial score (nSPS) is 11.8. The van der Waals surface area contributed by atoms with Crippen molar-refractivity contribution in [1.82, 2.24) is 5.48 Å². The first-order valence-corrected chi connectivity index (χ1v) is 5.85. The van der Waals surface area contributed by atoms with Crippen LogP contribution >= 0.6 is 11.3 Å². The summed E-state index contributed by atoms with van der Waals surface area (Å²) < 4.78 is 49.3. The molecule has 102 valence electrons. The molecule has 0 spiro atoms. The zero-order valence-electron chi connectivity index (χ0n) is 9.25. The van der Waals surface area contributed by atoms with E-state index in [-0.39, 0.29) is 10.3 Å². The van der Waals surface area contributed by atoms with Crippen molar-refractivity contribution in [3.8, 4) is 0 Å². The minimum Gasteiger partial charge on any atom is -0.266 e. The summed E-state index contributed by atoms with van der Waals surface area (Å²) in [5.74, 6) is -1.34. The molecular formula is C11H7F4NO2S. The molecule has 1 heterocycles. The zero-order chi connectivity index (χ0) is 14.0. The molecule has 19 heavy (non-hydrogen) atoms. The van der Waals surface area contributed by atoms with E-state index < -0.39 is 24.5 Å². The summed E-state index contributed by atoms with van der Waals surface area (Å²) in [6, 6.07) is 5.59. The highest BCUT2D eigenvalue weighted by Crippen LogP contribution is 2.27. The van der Waals surface area contributed by atoms with E-state index in [4.69, 9.17) is 0 Å². The van der Waals surface area contributed by atoms with Gasteiger partial charge in [0.15, 0.2) is 6.61 Å². The van der Waals surface area contributed by atoms with E-state index in [0.717, 1.165) is 11.3 Å². The van der Waals surface area contributed by atoms with Gasteiger partial charge in [-0.25, -0.2) is 9.87 Å². The van der Waals surface area contributed by atoms with Gasteiger partial charge in [-0.2, -0.15) is 13.2 Å². The second-order valence-corrected chi connectivity index (χ2v) is 4.68.